The van der Waals surface area contributed by atoms with Gasteiger partial charge in [-0.05, 0) is 63.3 Å². The number of piperidine rings is 1. The minimum Gasteiger partial charge on any atom is -0.496 e. The molecule has 2 aromatic carbocycles. The Hall–Kier alpha value is -3.58. The molecule has 0 unspecified atom stereocenters. The zero-order valence-electron chi connectivity index (χ0n) is 21.3. The van der Waals surface area contributed by atoms with Crippen LogP contribution in [0.15, 0.2) is 59.3 Å². The van der Waals surface area contributed by atoms with E-state index in [0.29, 0.717) is 0 Å². The van der Waals surface area contributed by atoms with Crippen molar-refractivity contribution in [3.63, 3.8) is 0 Å². The second kappa shape index (κ2) is 9.82. The van der Waals surface area contributed by atoms with Crippen molar-refractivity contribution >= 4 is 27.8 Å². The van der Waals surface area contributed by atoms with Crippen LogP contribution in [-0.4, -0.2) is 47.8 Å². The number of fused-ring (bicyclic) bond motifs is 2. The van der Waals surface area contributed by atoms with Crippen molar-refractivity contribution in [1.29, 1.82) is 0 Å². The summed E-state index contributed by atoms with van der Waals surface area (Å²) in [6, 6.07) is 14.5. The van der Waals surface area contributed by atoms with Crippen LogP contribution in [-0.2, 0) is 11.3 Å². The normalized spacial score (nSPS) is 15.3. The van der Waals surface area contributed by atoms with Gasteiger partial charge in [-0.3, -0.25) is 9.88 Å². The molecule has 188 valence electrons. The van der Waals surface area contributed by atoms with Crippen molar-refractivity contribution in [2.24, 2.45) is 0 Å². The topological polar surface area (TPSA) is 76.8 Å². The number of methoxy groups -OCH3 is 1. The SMILES string of the molecule is COc1cc2cncc(-c3cc4ccccc4o3)c2cc1CN1CCC(NC(=O)OC(C)(C)C)CC1. The van der Waals surface area contributed by atoms with E-state index in [-0.39, 0.29) is 12.1 Å². The number of rotatable bonds is 5. The van der Waals surface area contributed by atoms with E-state index < -0.39 is 5.60 Å². The average molecular weight is 488 g/mol. The lowest BCUT2D eigenvalue weighted by molar-refractivity contribution is 0.0477. The van der Waals surface area contributed by atoms with Gasteiger partial charge in [-0.15, -0.1) is 0 Å². The summed E-state index contributed by atoms with van der Waals surface area (Å²) in [6.45, 7) is 8.16. The minimum atomic E-state index is -0.492. The monoisotopic (exact) mass is 487 g/mol. The standard InChI is InChI=1S/C29H33N3O4/c1-29(2,3)36-28(33)31-22-9-11-32(12-10-22)18-21-13-23-20(15-26(21)34-4)16-30-17-24(23)27-14-19-7-5-6-8-25(19)35-27/h5-8,13-17,22H,9-12,18H2,1-4H3,(H,31,33). The largest absolute Gasteiger partial charge is 0.496 e. The predicted octanol–water partition coefficient (Wildman–Crippen LogP) is 6.15. The molecule has 36 heavy (non-hydrogen) atoms. The maximum Gasteiger partial charge on any atom is 0.407 e. The zero-order valence-corrected chi connectivity index (χ0v) is 21.3. The third kappa shape index (κ3) is 5.31. The van der Waals surface area contributed by atoms with Crippen LogP contribution in [0.3, 0.4) is 0 Å². The Morgan fingerprint density at radius 2 is 1.89 bits per heavy atom. The molecule has 4 aromatic rings. The molecule has 0 radical (unpaired) electrons. The van der Waals surface area contributed by atoms with Crippen LogP contribution in [0.5, 0.6) is 5.75 Å². The van der Waals surface area contributed by atoms with E-state index in [2.05, 4.69) is 39.5 Å². The number of nitrogens with zero attached hydrogens (tertiary/aromatic N) is 2. The number of aromatic nitrogens is 1. The van der Waals surface area contributed by atoms with Gasteiger partial charge in [0.05, 0.1) is 7.11 Å². The van der Waals surface area contributed by atoms with Crippen LogP contribution in [0.4, 0.5) is 4.79 Å². The zero-order chi connectivity index (χ0) is 25.3. The molecule has 1 aliphatic heterocycles. The highest BCUT2D eigenvalue weighted by Crippen LogP contribution is 2.36. The number of furan rings is 1. The van der Waals surface area contributed by atoms with Gasteiger partial charge in [-0.1, -0.05) is 18.2 Å². The molecular formula is C29H33N3O4. The summed E-state index contributed by atoms with van der Waals surface area (Å²) in [7, 11) is 1.71. The first-order valence-electron chi connectivity index (χ1n) is 12.4. The average Bonchev–Trinajstić information content (AvgIpc) is 3.27. The molecule has 1 N–H and O–H groups in total. The summed E-state index contributed by atoms with van der Waals surface area (Å²) in [5, 5.41) is 6.18. The summed E-state index contributed by atoms with van der Waals surface area (Å²) in [5.41, 5.74) is 2.45. The molecule has 0 spiro atoms. The number of carbonyl (C=O) groups is 1. The van der Waals surface area contributed by atoms with Gasteiger partial charge >= 0.3 is 6.09 Å². The predicted molar refractivity (Wildman–Crippen MR) is 141 cm³/mol. The smallest absolute Gasteiger partial charge is 0.407 e. The van der Waals surface area contributed by atoms with Crippen molar-refractivity contribution in [2.45, 2.75) is 51.8 Å². The number of hydrogen-bond donors (Lipinski definition) is 1. The number of likely N-dealkylation sites (tertiary alicyclic amines) is 1. The van der Waals surface area contributed by atoms with Crippen LogP contribution in [0, 0.1) is 0 Å². The summed E-state index contributed by atoms with van der Waals surface area (Å²) in [6.07, 6.45) is 5.14. The molecule has 3 heterocycles. The van der Waals surface area contributed by atoms with E-state index in [1.54, 1.807) is 7.11 Å². The third-order valence-electron chi connectivity index (χ3n) is 6.55. The van der Waals surface area contributed by atoms with Gasteiger partial charge in [-0.2, -0.15) is 0 Å². The first-order chi connectivity index (χ1) is 17.3. The van der Waals surface area contributed by atoms with Crippen LogP contribution in [0.2, 0.25) is 0 Å². The molecule has 0 saturated carbocycles. The van der Waals surface area contributed by atoms with E-state index in [0.717, 1.165) is 76.9 Å². The maximum absolute atomic E-state index is 12.1. The fourth-order valence-corrected chi connectivity index (χ4v) is 4.82. The molecule has 5 rings (SSSR count). The summed E-state index contributed by atoms with van der Waals surface area (Å²) in [5.74, 6) is 1.65. The van der Waals surface area contributed by atoms with Gasteiger partial charge in [-0.25, -0.2) is 4.79 Å². The summed E-state index contributed by atoms with van der Waals surface area (Å²) in [4.78, 5) is 19.0. The lowest BCUT2D eigenvalue weighted by Crippen LogP contribution is -2.45. The highest BCUT2D eigenvalue weighted by atomic mass is 16.6. The fourth-order valence-electron chi connectivity index (χ4n) is 4.82. The van der Waals surface area contributed by atoms with Gasteiger partial charge in [0.25, 0.3) is 0 Å². The number of hydrogen-bond acceptors (Lipinski definition) is 6. The van der Waals surface area contributed by atoms with E-state index in [1.807, 2.05) is 51.4 Å². The molecule has 0 atom stereocenters. The molecule has 7 heteroatoms. The van der Waals surface area contributed by atoms with E-state index in [9.17, 15) is 4.79 Å². The molecule has 1 aliphatic rings. The number of alkyl carbamates (subject to hydrolysis) is 1. The van der Waals surface area contributed by atoms with Gasteiger partial charge in [0.2, 0.25) is 0 Å². The number of benzene rings is 2. The highest BCUT2D eigenvalue weighted by Gasteiger charge is 2.24. The lowest BCUT2D eigenvalue weighted by Gasteiger charge is -2.33. The number of pyridine rings is 1. The molecular weight excluding hydrogens is 454 g/mol. The summed E-state index contributed by atoms with van der Waals surface area (Å²) < 4.78 is 17.3. The molecule has 0 aliphatic carbocycles. The minimum absolute atomic E-state index is 0.125. The Morgan fingerprint density at radius 1 is 1.11 bits per heavy atom. The number of carbonyl (C=O) groups excluding carboxylic acids is 1. The molecule has 7 nitrogen and oxygen atoms in total. The Kier molecular flexibility index (Phi) is 6.58. The second-order valence-corrected chi connectivity index (χ2v) is 10.4. The van der Waals surface area contributed by atoms with Crippen molar-refractivity contribution < 1.29 is 18.7 Å². The quantitative estimate of drug-likeness (QED) is 0.364. The van der Waals surface area contributed by atoms with E-state index >= 15 is 0 Å². The number of para-hydroxylation sites is 1. The number of nitrogens with one attached hydrogen (secondary N) is 1. The number of ether oxygens (including phenoxy) is 2. The van der Waals surface area contributed by atoms with Crippen molar-refractivity contribution in [3.05, 3.63) is 60.4 Å². The Morgan fingerprint density at radius 3 is 2.61 bits per heavy atom. The van der Waals surface area contributed by atoms with E-state index in [1.165, 1.54) is 0 Å². The van der Waals surface area contributed by atoms with Gasteiger partial charge in [0.15, 0.2) is 0 Å². The molecule has 1 amide bonds. The van der Waals surface area contributed by atoms with Crippen LogP contribution < -0.4 is 10.1 Å². The van der Waals surface area contributed by atoms with Crippen LogP contribution in [0.1, 0.15) is 39.2 Å². The van der Waals surface area contributed by atoms with Crippen LogP contribution in [0.25, 0.3) is 33.1 Å². The molecule has 2 aromatic heterocycles. The van der Waals surface area contributed by atoms with E-state index in [4.69, 9.17) is 13.9 Å². The van der Waals surface area contributed by atoms with Crippen LogP contribution >= 0.6 is 0 Å². The van der Waals surface area contributed by atoms with Crippen molar-refractivity contribution in [1.82, 2.24) is 15.2 Å². The molecule has 1 saturated heterocycles. The number of amides is 1. The van der Waals surface area contributed by atoms with Crippen molar-refractivity contribution in [3.8, 4) is 17.1 Å². The molecule has 0 bridgehead atoms. The van der Waals surface area contributed by atoms with Gasteiger partial charge < -0.3 is 19.2 Å². The Bertz CT molecular complexity index is 1350. The lowest BCUT2D eigenvalue weighted by atomic mass is 10.00. The second-order valence-electron chi connectivity index (χ2n) is 10.4. The summed E-state index contributed by atoms with van der Waals surface area (Å²) >= 11 is 0. The van der Waals surface area contributed by atoms with Gasteiger partial charge in [0.1, 0.15) is 22.7 Å². The maximum atomic E-state index is 12.1. The highest BCUT2D eigenvalue weighted by molar-refractivity contribution is 5.98. The third-order valence-corrected chi connectivity index (χ3v) is 6.55. The fraction of sp³-hybridized carbons (Fsp3) is 0.379. The first kappa shape index (κ1) is 24.1. The van der Waals surface area contributed by atoms with Crippen molar-refractivity contribution in [2.75, 3.05) is 20.2 Å². The Balaban J connectivity index is 1.34. The molecule has 1 fully saturated rings. The van der Waals surface area contributed by atoms with Gasteiger partial charge in [0, 0.05) is 60.0 Å². The first-order valence-corrected chi connectivity index (χ1v) is 12.4. The Labute approximate surface area is 211 Å².